The van der Waals surface area contributed by atoms with E-state index in [1.54, 1.807) is 0 Å². The number of pyridine rings is 1. The summed E-state index contributed by atoms with van der Waals surface area (Å²) < 4.78 is 1.91. The molecule has 1 aromatic heterocycles. The van der Waals surface area contributed by atoms with E-state index in [9.17, 15) is 0 Å². The Hall–Kier alpha value is -0.120. The van der Waals surface area contributed by atoms with E-state index >= 15 is 0 Å². The standard InChI is InChI=1S/C10H6Br2ClN/c1-5-7-4-6(11)2-3-8(7)14-10(13)9(5)12/h2-4H,1H3. The van der Waals surface area contributed by atoms with E-state index < -0.39 is 0 Å². The van der Waals surface area contributed by atoms with Crippen LogP contribution in [0.5, 0.6) is 0 Å². The van der Waals surface area contributed by atoms with E-state index in [0.29, 0.717) is 5.15 Å². The molecule has 2 rings (SSSR count). The predicted octanol–water partition coefficient (Wildman–Crippen LogP) is 4.72. The summed E-state index contributed by atoms with van der Waals surface area (Å²) in [6.45, 7) is 2.02. The highest BCUT2D eigenvalue weighted by molar-refractivity contribution is 9.10. The molecule has 0 fully saturated rings. The average Bonchev–Trinajstić information content (AvgIpc) is 2.16. The number of aromatic nitrogens is 1. The molecule has 0 bridgehead atoms. The summed E-state index contributed by atoms with van der Waals surface area (Å²) in [5.74, 6) is 0. The maximum Gasteiger partial charge on any atom is 0.144 e. The lowest BCUT2D eigenvalue weighted by Crippen LogP contribution is -1.87. The lowest BCUT2D eigenvalue weighted by atomic mass is 10.1. The van der Waals surface area contributed by atoms with Crippen LogP contribution < -0.4 is 0 Å². The molecular formula is C10H6Br2ClN. The third kappa shape index (κ3) is 1.69. The van der Waals surface area contributed by atoms with E-state index in [1.165, 1.54) is 0 Å². The largest absolute Gasteiger partial charge is 0.235 e. The second-order valence-corrected chi connectivity index (χ2v) is 5.07. The highest BCUT2D eigenvalue weighted by Crippen LogP contribution is 2.31. The predicted molar refractivity (Wildman–Crippen MR) is 66.9 cm³/mol. The van der Waals surface area contributed by atoms with Crippen molar-refractivity contribution in [3.63, 3.8) is 0 Å². The maximum absolute atomic E-state index is 5.96. The van der Waals surface area contributed by atoms with Crippen LogP contribution in [0.3, 0.4) is 0 Å². The molecule has 4 heteroatoms. The number of fused-ring (bicyclic) bond motifs is 1. The van der Waals surface area contributed by atoms with E-state index in [2.05, 4.69) is 36.8 Å². The second kappa shape index (κ2) is 3.80. The summed E-state index contributed by atoms with van der Waals surface area (Å²) in [5, 5.41) is 1.62. The number of hydrogen-bond acceptors (Lipinski definition) is 1. The van der Waals surface area contributed by atoms with Gasteiger partial charge >= 0.3 is 0 Å². The van der Waals surface area contributed by atoms with Gasteiger partial charge in [0, 0.05) is 9.86 Å². The Morgan fingerprint density at radius 1 is 1.29 bits per heavy atom. The molecule has 0 unspecified atom stereocenters. The highest BCUT2D eigenvalue weighted by Gasteiger charge is 2.07. The van der Waals surface area contributed by atoms with Gasteiger partial charge in [-0.25, -0.2) is 4.98 Å². The number of nitrogens with zero attached hydrogens (tertiary/aromatic N) is 1. The monoisotopic (exact) mass is 333 g/mol. The van der Waals surface area contributed by atoms with Crippen molar-refractivity contribution < 1.29 is 0 Å². The first-order valence-electron chi connectivity index (χ1n) is 4.00. The van der Waals surface area contributed by atoms with Crippen molar-refractivity contribution in [2.24, 2.45) is 0 Å². The topological polar surface area (TPSA) is 12.9 Å². The Balaban J connectivity index is 2.92. The molecule has 0 atom stereocenters. The number of aryl methyl sites for hydroxylation is 1. The number of rotatable bonds is 0. The zero-order valence-electron chi connectivity index (χ0n) is 7.31. The molecule has 0 radical (unpaired) electrons. The Bertz CT molecular complexity index is 511. The molecule has 72 valence electrons. The van der Waals surface area contributed by atoms with Gasteiger partial charge in [-0.2, -0.15) is 0 Å². The summed E-state index contributed by atoms with van der Waals surface area (Å²) in [6.07, 6.45) is 0. The van der Waals surface area contributed by atoms with Crippen LogP contribution >= 0.6 is 43.5 Å². The minimum absolute atomic E-state index is 0.511. The van der Waals surface area contributed by atoms with Gasteiger partial charge in [-0.15, -0.1) is 0 Å². The first kappa shape index (κ1) is 10.4. The third-order valence-electron chi connectivity index (χ3n) is 2.09. The van der Waals surface area contributed by atoms with Gasteiger partial charge in [0.2, 0.25) is 0 Å². The summed E-state index contributed by atoms with van der Waals surface area (Å²) in [5.41, 5.74) is 2.03. The van der Waals surface area contributed by atoms with Gasteiger partial charge in [-0.1, -0.05) is 27.5 Å². The molecule has 0 aliphatic carbocycles. The average molecular weight is 335 g/mol. The Morgan fingerprint density at radius 3 is 2.71 bits per heavy atom. The van der Waals surface area contributed by atoms with Gasteiger partial charge < -0.3 is 0 Å². The molecular weight excluding hydrogens is 329 g/mol. The quantitative estimate of drug-likeness (QED) is 0.635. The molecule has 0 spiro atoms. The van der Waals surface area contributed by atoms with Crippen LogP contribution in [0.4, 0.5) is 0 Å². The summed E-state index contributed by atoms with van der Waals surface area (Å²) in [4.78, 5) is 4.27. The molecule has 1 aromatic carbocycles. The molecule has 0 aliphatic heterocycles. The van der Waals surface area contributed by atoms with Crippen LogP contribution in [0.2, 0.25) is 5.15 Å². The molecule has 0 saturated heterocycles. The van der Waals surface area contributed by atoms with Crippen LogP contribution in [-0.4, -0.2) is 4.98 Å². The lowest BCUT2D eigenvalue weighted by Gasteiger charge is -2.06. The molecule has 2 aromatic rings. The van der Waals surface area contributed by atoms with Crippen LogP contribution in [0, 0.1) is 6.92 Å². The van der Waals surface area contributed by atoms with Gasteiger partial charge in [-0.05, 0) is 46.6 Å². The van der Waals surface area contributed by atoms with Crippen molar-refractivity contribution in [1.29, 1.82) is 0 Å². The zero-order valence-corrected chi connectivity index (χ0v) is 11.2. The fraction of sp³-hybridized carbons (Fsp3) is 0.100. The zero-order chi connectivity index (χ0) is 10.3. The van der Waals surface area contributed by atoms with Gasteiger partial charge in [-0.3, -0.25) is 0 Å². The fourth-order valence-electron chi connectivity index (χ4n) is 1.33. The smallest absolute Gasteiger partial charge is 0.144 e. The normalized spacial score (nSPS) is 10.9. The van der Waals surface area contributed by atoms with Gasteiger partial charge in [0.1, 0.15) is 5.15 Å². The van der Waals surface area contributed by atoms with Crippen molar-refractivity contribution in [1.82, 2.24) is 4.98 Å². The van der Waals surface area contributed by atoms with Crippen LogP contribution in [0.25, 0.3) is 10.9 Å². The molecule has 0 N–H and O–H groups in total. The van der Waals surface area contributed by atoms with E-state index in [1.807, 2.05) is 25.1 Å². The van der Waals surface area contributed by atoms with Gasteiger partial charge in [0.05, 0.1) is 9.99 Å². The fourth-order valence-corrected chi connectivity index (χ4v) is 2.23. The molecule has 1 nitrogen and oxygen atoms in total. The van der Waals surface area contributed by atoms with Crippen molar-refractivity contribution in [3.05, 3.63) is 37.9 Å². The van der Waals surface area contributed by atoms with Crippen LogP contribution in [0.15, 0.2) is 27.1 Å². The number of benzene rings is 1. The first-order chi connectivity index (χ1) is 6.59. The molecule has 0 aliphatic rings. The van der Waals surface area contributed by atoms with Crippen molar-refractivity contribution in [2.75, 3.05) is 0 Å². The highest BCUT2D eigenvalue weighted by atomic mass is 79.9. The molecule has 14 heavy (non-hydrogen) atoms. The van der Waals surface area contributed by atoms with Gasteiger partial charge in [0.15, 0.2) is 0 Å². The second-order valence-electron chi connectivity index (χ2n) is 3.00. The van der Waals surface area contributed by atoms with E-state index in [0.717, 1.165) is 25.4 Å². The van der Waals surface area contributed by atoms with E-state index in [4.69, 9.17) is 11.6 Å². The number of hydrogen-bond donors (Lipinski definition) is 0. The minimum atomic E-state index is 0.511. The Morgan fingerprint density at radius 2 is 2.00 bits per heavy atom. The van der Waals surface area contributed by atoms with Crippen LogP contribution in [0.1, 0.15) is 5.56 Å². The maximum atomic E-state index is 5.96. The van der Waals surface area contributed by atoms with E-state index in [-0.39, 0.29) is 0 Å². The Labute approximate surface area is 104 Å². The van der Waals surface area contributed by atoms with Crippen molar-refractivity contribution in [3.8, 4) is 0 Å². The van der Waals surface area contributed by atoms with Gasteiger partial charge in [0.25, 0.3) is 0 Å². The van der Waals surface area contributed by atoms with Crippen LogP contribution in [-0.2, 0) is 0 Å². The molecule has 1 heterocycles. The summed E-state index contributed by atoms with van der Waals surface area (Å²) >= 11 is 12.8. The van der Waals surface area contributed by atoms with Crippen molar-refractivity contribution in [2.45, 2.75) is 6.92 Å². The lowest BCUT2D eigenvalue weighted by molar-refractivity contribution is 1.33. The number of halogens is 3. The molecule has 0 amide bonds. The summed E-state index contributed by atoms with van der Waals surface area (Å²) in [6, 6.07) is 5.95. The minimum Gasteiger partial charge on any atom is -0.235 e. The first-order valence-corrected chi connectivity index (χ1v) is 5.97. The Kier molecular flexibility index (Phi) is 2.82. The van der Waals surface area contributed by atoms with Crippen molar-refractivity contribution >= 4 is 54.4 Å². The third-order valence-corrected chi connectivity index (χ3v) is 4.06. The molecule has 0 saturated carbocycles. The SMILES string of the molecule is Cc1c(Br)c(Cl)nc2ccc(Br)cc12. The summed E-state index contributed by atoms with van der Waals surface area (Å²) in [7, 11) is 0.